The van der Waals surface area contributed by atoms with Gasteiger partial charge in [-0.3, -0.25) is 0 Å². The molecule has 2 aliphatic heterocycles. The molecule has 0 aliphatic carbocycles. The summed E-state index contributed by atoms with van der Waals surface area (Å²) in [6, 6.07) is 0.650. The van der Waals surface area contributed by atoms with Gasteiger partial charge in [0.1, 0.15) is 0 Å². The normalized spacial score (nSPS) is 27.0. The number of likely N-dealkylation sites (tertiary alicyclic amines) is 1. The molecular weight excluding hydrogens is 176 g/mol. The average Bonchev–Trinajstić information content (AvgIpc) is 2.47. The van der Waals surface area contributed by atoms with E-state index in [0.29, 0.717) is 6.04 Å². The van der Waals surface area contributed by atoms with E-state index in [9.17, 15) is 0 Å². The van der Waals surface area contributed by atoms with Crippen LogP contribution in [0.2, 0.25) is 0 Å². The first-order chi connectivity index (χ1) is 6.66. The molecule has 0 spiro atoms. The van der Waals surface area contributed by atoms with E-state index in [1.165, 1.54) is 25.9 Å². The molecule has 0 bridgehead atoms. The summed E-state index contributed by atoms with van der Waals surface area (Å²) in [5.74, 6) is 0. The SMILES string of the molecule is CN1CCC(N2C=C(N)CN2C)CC1. The van der Waals surface area contributed by atoms with Gasteiger partial charge in [-0.25, -0.2) is 5.01 Å². The van der Waals surface area contributed by atoms with E-state index in [1.54, 1.807) is 0 Å². The van der Waals surface area contributed by atoms with E-state index in [2.05, 4.69) is 35.2 Å². The Bertz CT molecular complexity index is 230. The Morgan fingerprint density at radius 1 is 1.29 bits per heavy atom. The summed E-state index contributed by atoms with van der Waals surface area (Å²) in [5, 5.41) is 4.52. The minimum Gasteiger partial charge on any atom is -0.400 e. The minimum atomic E-state index is 0.650. The standard InChI is InChI=1S/C10H20N4/c1-12-5-3-10(4-6-12)14-8-9(11)7-13(14)2/h8,10H,3-7,11H2,1-2H3. The van der Waals surface area contributed by atoms with Gasteiger partial charge >= 0.3 is 0 Å². The van der Waals surface area contributed by atoms with Crippen molar-refractivity contribution in [2.24, 2.45) is 5.73 Å². The maximum atomic E-state index is 5.82. The fourth-order valence-electron chi connectivity index (χ4n) is 2.30. The Kier molecular flexibility index (Phi) is 2.65. The third kappa shape index (κ3) is 1.86. The monoisotopic (exact) mass is 196 g/mol. The van der Waals surface area contributed by atoms with E-state index < -0.39 is 0 Å². The number of nitrogens with two attached hydrogens (primary N) is 1. The Balaban J connectivity index is 1.95. The van der Waals surface area contributed by atoms with Gasteiger partial charge < -0.3 is 15.6 Å². The van der Waals surface area contributed by atoms with E-state index >= 15 is 0 Å². The van der Waals surface area contributed by atoms with Crippen LogP contribution in [-0.4, -0.2) is 54.7 Å². The fourth-order valence-corrected chi connectivity index (χ4v) is 2.30. The van der Waals surface area contributed by atoms with Crippen molar-refractivity contribution in [1.29, 1.82) is 0 Å². The van der Waals surface area contributed by atoms with Gasteiger partial charge in [-0.1, -0.05) is 0 Å². The van der Waals surface area contributed by atoms with Crippen LogP contribution in [0.3, 0.4) is 0 Å². The zero-order valence-corrected chi connectivity index (χ0v) is 9.11. The molecule has 4 heteroatoms. The Morgan fingerprint density at radius 3 is 2.43 bits per heavy atom. The molecule has 0 aromatic rings. The highest BCUT2D eigenvalue weighted by molar-refractivity contribution is 5.05. The van der Waals surface area contributed by atoms with Crippen molar-refractivity contribution in [3.05, 3.63) is 11.9 Å². The molecule has 2 rings (SSSR count). The summed E-state index contributed by atoms with van der Waals surface area (Å²) in [5.41, 5.74) is 6.80. The Morgan fingerprint density at radius 2 is 1.93 bits per heavy atom. The molecule has 1 saturated heterocycles. The molecule has 14 heavy (non-hydrogen) atoms. The summed E-state index contributed by atoms with van der Waals surface area (Å²) in [6.45, 7) is 3.28. The van der Waals surface area contributed by atoms with Crippen molar-refractivity contribution in [3.63, 3.8) is 0 Å². The highest BCUT2D eigenvalue weighted by Crippen LogP contribution is 2.21. The molecule has 0 unspecified atom stereocenters. The molecule has 1 fully saturated rings. The van der Waals surface area contributed by atoms with Gasteiger partial charge in [0.25, 0.3) is 0 Å². The molecule has 2 heterocycles. The molecule has 0 atom stereocenters. The number of rotatable bonds is 1. The van der Waals surface area contributed by atoms with Crippen LogP contribution in [0.4, 0.5) is 0 Å². The second-order valence-corrected chi connectivity index (χ2v) is 4.43. The fraction of sp³-hybridized carbons (Fsp3) is 0.800. The van der Waals surface area contributed by atoms with Gasteiger partial charge in [0.05, 0.1) is 6.54 Å². The number of hydrazine groups is 1. The molecule has 0 amide bonds. The molecule has 0 aromatic heterocycles. The van der Waals surface area contributed by atoms with Gasteiger partial charge in [-0.15, -0.1) is 0 Å². The van der Waals surface area contributed by atoms with E-state index in [0.717, 1.165) is 12.2 Å². The van der Waals surface area contributed by atoms with Gasteiger partial charge in [0, 0.05) is 25.0 Å². The van der Waals surface area contributed by atoms with Crippen LogP contribution in [0.25, 0.3) is 0 Å². The molecule has 2 N–H and O–H groups in total. The zero-order chi connectivity index (χ0) is 10.1. The molecular formula is C10H20N4. The zero-order valence-electron chi connectivity index (χ0n) is 9.11. The van der Waals surface area contributed by atoms with Crippen LogP contribution in [0, 0.1) is 0 Å². The second-order valence-electron chi connectivity index (χ2n) is 4.43. The summed E-state index contributed by atoms with van der Waals surface area (Å²) < 4.78 is 0. The third-order valence-corrected chi connectivity index (χ3v) is 3.17. The van der Waals surface area contributed by atoms with Crippen LogP contribution < -0.4 is 5.73 Å². The van der Waals surface area contributed by atoms with Crippen LogP contribution >= 0.6 is 0 Å². The number of likely N-dealkylation sites (N-methyl/N-ethyl adjacent to an activating group) is 1. The summed E-state index contributed by atoms with van der Waals surface area (Å²) in [6.07, 6.45) is 4.57. The lowest BCUT2D eigenvalue weighted by Crippen LogP contribution is -2.46. The van der Waals surface area contributed by atoms with E-state index in [1.807, 2.05) is 0 Å². The lowest BCUT2D eigenvalue weighted by Gasteiger charge is -2.38. The second kappa shape index (κ2) is 3.79. The number of piperidine rings is 1. The van der Waals surface area contributed by atoms with Gasteiger partial charge in [0.15, 0.2) is 0 Å². The summed E-state index contributed by atoms with van der Waals surface area (Å²) in [7, 11) is 4.29. The maximum Gasteiger partial charge on any atom is 0.0589 e. The lowest BCUT2D eigenvalue weighted by molar-refractivity contribution is 0.0106. The lowest BCUT2D eigenvalue weighted by atomic mass is 10.1. The van der Waals surface area contributed by atoms with Crippen molar-refractivity contribution in [2.75, 3.05) is 33.7 Å². The topological polar surface area (TPSA) is 35.7 Å². The van der Waals surface area contributed by atoms with Crippen molar-refractivity contribution in [2.45, 2.75) is 18.9 Å². The van der Waals surface area contributed by atoms with Crippen LogP contribution in [0.5, 0.6) is 0 Å². The first kappa shape index (κ1) is 9.80. The van der Waals surface area contributed by atoms with Crippen molar-refractivity contribution in [1.82, 2.24) is 14.9 Å². The predicted octanol–water partition coefficient (Wildman–Crippen LogP) is 0.0431. The molecule has 4 nitrogen and oxygen atoms in total. The molecule has 0 radical (unpaired) electrons. The summed E-state index contributed by atoms with van der Waals surface area (Å²) >= 11 is 0. The summed E-state index contributed by atoms with van der Waals surface area (Å²) in [4.78, 5) is 2.39. The van der Waals surface area contributed by atoms with Crippen LogP contribution in [-0.2, 0) is 0 Å². The third-order valence-electron chi connectivity index (χ3n) is 3.17. The van der Waals surface area contributed by atoms with E-state index in [-0.39, 0.29) is 0 Å². The number of hydrogen-bond donors (Lipinski definition) is 1. The van der Waals surface area contributed by atoms with Crippen molar-refractivity contribution < 1.29 is 0 Å². The van der Waals surface area contributed by atoms with Gasteiger partial charge in [0.2, 0.25) is 0 Å². The molecule has 80 valence electrons. The minimum absolute atomic E-state index is 0.650. The average molecular weight is 196 g/mol. The van der Waals surface area contributed by atoms with E-state index in [4.69, 9.17) is 5.73 Å². The largest absolute Gasteiger partial charge is 0.400 e. The molecule has 0 saturated carbocycles. The highest BCUT2D eigenvalue weighted by Gasteiger charge is 2.27. The Labute approximate surface area is 85.9 Å². The predicted molar refractivity (Wildman–Crippen MR) is 57.3 cm³/mol. The number of nitrogens with zero attached hydrogens (tertiary/aromatic N) is 3. The van der Waals surface area contributed by atoms with Gasteiger partial charge in [-0.2, -0.15) is 0 Å². The van der Waals surface area contributed by atoms with Crippen LogP contribution in [0.15, 0.2) is 11.9 Å². The van der Waals surface area contributed by atoms with Crippen molar-refractivity contribution in [3.8, 4) is 0 Å². The smallest absolute Gasteiger partial charge is 0.0589 e. The molecule has 0 aromatic carbocycles. The highest BCUT2D eigenvalue weighted by atomic mass is 15.6. The Hall–Kier alpha value is -0.740. The first-order valence-electron chi connectivity index (χ1n) is 5.31. The van der Waals surface area contributed by atoms with Crippen molar-refractivity contribution >= 4 is 0 Å². The first-order valence-corrected chi connectivity index (χ1v) is 5.31. The van der Waals surface area contributed by atoms with Crippen LogP contribution in [0.1, 0.15) is 12.8 Å². The van der Waals surface area contributed by atoms with Gasteiger partial charge in [-0.05, 0) is 33.0 Å². The molecule has 2 aliphatic rings. The number of hydrogen-bond acceptors (Lipinski definition) is 4. The maximum absolute atomic E-state index is 5.82. The quantitative estimate of drug-likeness (QED) is 0.642.